The number of nitrogens with zero attached hydrogens (tertiary/aromatic N) is 1. The topological polar surface area (TPSA) is 50.9 Å². The van der Waals surface area contributed by atoms with Gasteiger partial charge in [-0.2, -0.15) is 0 Å². The lowest BCUT2D eigenvalue weighted by atomic mass is 10.2. The van der Waals surface area contributed by atoms with E-state index in [1.807, 2.05) is 11.6 Å². The van der Waals surface area contributed by atoms with Crippen LogP contribution in [-0.2, 0) is 6.54 Å². The maximum Gasteiger partial charge on any atom is 0.106 e. The van der Waals surface area contributed by atoms with Crippen molar-refractivity contribution in [3.63, 3.8) is 0 Å². The van der Waals surface area contributed by atoms with Crippen LogP contribution in [0.4, 0.5) is 0 Å². The predicted octanol–water partition coefficient (Wildman–Crippen LogP) is 1.75. The second-order valence-corrected chi connectivity index (χ2v) is 4.28. The van der Waals surface area contributed by atoms with E-state index in [0.717, 1.165) is 26.1 Å². The highest BCUT2D eigenvalue weighted by Gasteiger charge is 1.93. The van der Waals surface area contributed by atoms with Crippen molar-refractivity contribution >= 4 is 11.3 Å². The van der Waals surface area contributed by atoms with Gasteiger partial charge in [0.2, 0.25) is 0 Å². The quantitative estimate of drug-likeness (QED) is 0.647. The second kappa shape index (κ2) is 7.91. The highest BCUT2D eigenvalue weighted by Crippen LogP contribution is 2.03. The number of nitrogens with two attached hydrogens (primary N) is 1. The largest absolute Gasteiger partial charge is 0.330 e. The summed E-state index contributed by atoms with van der Waals surface area (Å²) in [5, 5.41) is 6.57. The Balaban J connectivity index is 1.85. The zero-order valence-electron chi connectivity index (χ0n) is 8.54. The van der Waals surface area contributed by atoms with E-state index in [9.17, 15) is 0 Å². The van der Waals surface area contributed by atoms with Crippen LogP contribution in [0.1, 0.15) is 30.7 Å². The molecule has 14 heavy (non-hydrogen) atoms. The molecule has 0 atom stereocenters. The van der Waals surface area contributed by atoms with Crippen molar-refractivity contribution in [1.82, 2.24) is 10.3 Å². The fraction of sp³-hybridized carbons (Fsp3) is 0.700. The first-order valence-corrected chi connectivity index (χ1v) is 6.10. The van der Waals surface area contributed by atoms with Crippen molar-refractivity contribution in [3.05, 3.63) is 16.6 Å². The average molecular weight is 213 g/mol. The molecule has 0 radical (unpaired) electrons. The number of unbranched alkanes of at least 4 members (excludes halogenated alkanes) is 3. The molecule has 0 aliphatic carbocycles. The maximum absolute atomic E-state index is 5.41. The van der Waals surface area contributed by atoms with Crippen LogP contribution < -0.4 is 11.1 Å². The van der Waals surface area contributed by atoms with Gasteiger partial charge in [-0.3, -0.25) is 0 Å². The van der Waals surface area contributed by atoms with Crippen molar-refractivity contribution < 1.29 is 0 Å². The molecular weight excluding hydrogens is 194 g/mol. The minimum Gasteiger partial charge on any atom is -0.330 e. The fourth-order valence-corrected chi connectivity index (χ4v) is 1.87. The van der Waals surface area contributed by atoms with Gasteiger partial charge in [0.25, 0.3) is 0 Å². The molecule has 0 aliphatic heterocycles. The molecule has 1 heterocycles. The molecular formula is C10H19N3S. The zero-order chi connectivity index (χ0) is 10.1. The number of hydrogen-bond acceptors (Lipinski definition) is 4. The summed E-state index contributed by atoms with van der Waals surface area (Å²) in [6, 6.07) is 0. The summed E-state index contributed by atoms with van der Waals surface area (Å²) in [4.78, 5) is 4.20. The van der Waals surface area contributed by atoms with Gasteiger partial charge in [-0.1, -0.05) is 12.8 Å². The van der Waals surface area contributed by atoms with Crippen molar-refractivity contribution in [2.75, 3.05) is 13.1 Å². The summed E-state index contributed by atoms with van der Waals surface area (Å²) in [5.74, 6) is 0. The van der Waals surface area contributed by atoms with Gasteiger partial charge in [0, 0.05) is 18.1 Å². The van der Waals surface area contributed by atoms with Gasteiger partial charge in [-0.25, -0.2) is 4.98 Å². The van der Waals surface area contributed by atoms with Crippen LogP contribution in [0.2, 0.25) is 0 Å². The van der Waals surface area contributed by atoms with Gasteiger partial charge in [-0.15, -0.1) is 11.3 Å². The lowest BCUT2D eigenvalue weighted by Gasteiger charge is -2.01. The number of rotatable bonds is 8. The van der Waals surface area contributed by atoms with Crippen molar-refractivity contribution in [1.29, 1.82) is 0 Å². The van der Waals surface area contributed by atoms with Gasteiger partial charge in [-0.05, 0) is 25.9 Å². The molecule has 1 aromatic heterocycles. The van der Waals surface area contributed by atoms with Crippen LogP contribution >= 0.6 is 11.3 Å². The van der Waals surface area contributed by atoms with Crippen molar-refractivity contribution in [2.45, 2.75) is 32.2 Å². The summed E-state index contributed by atoms with van der Waals surface area (Å²) in [6.45, 7) is 2.82. The van der Waals surface area contributed by atoms with Crippen LogP contribution in [0.3, 0.4) is 0 Å². The molecule has 0 amide bonds. The Kier molecular flexibility index (Phi) is 6.57. The summed E-state index contributed by atoms with van der Waals surface area (Å²) < 4.78 is 0. The van der Waals surface area contributed by atoms with Crippen molar-refractivity contribution in [3.8, 4) is 0 Å². The lowest BCUT2D eigenvalue weighted by Crippen LogP contribution is -2.14. The summed E-state index contributed by atoms with van der Waals surface area (Å²) in [7, 11) is 0. The number of hydrogen-bond donors (Lipinski definition) is 2. The smallest absolute Gasteiger partial charge is 0.106 e. The minimum absolute atomic E-state index is 0.826. The van der Waals surface area contributed by atoms with E-state index in [1.54, 1.807) is 11.3 Å². The van der Waals surface area contributed by atoms with E-state index >= 15 is 0 Å². The highest BCUT2D eigenvalue weighted by molar-refractivity contribution is 7.09. The Bertz CT molecular complexity index is 211. The van der Waals surface area contributed by atoms with E-state index in [4.69, 9.17) is 5.73 Å². The van der Waals surface area contributed by atoms with Gasteiger partial charge in [0.05, 0.1) is 0 Å². The van der Waals surface area contributed by atoms with E-state index in [1.165, 1.54) is 24.3 Å². The summed E-state index contributed by atoms with van der Waals surface area (Å²) >= 11 is 1.70. The SMILES string of the molecule is NCCCCCCNCc1nccs1. The zero-order valence-corrected chi connectivity index (χ0v) is 9.35. The maximum atomic E-state index is 5.41. The Hall–Kier alpha value is -0.450. The monoisotopic (exact) mass is 213 g/mol. The molecule has 1 rings (SSSR count). The van der Waals surface area contributed by atoms with Crippen molar-refractivity contribution in [2.24, 2.45) is 5.73 Å². The molecule has 0 bridgehead atoms. The molecule has 0 aliphatic rings. The molecule has 0 unspecified atom stereocenters. The molecule has 1 aromatic rings. The fourth-order valence-electron chi connectivity index (χ4n) is 1.28. The standard InChI is InChI=1S/C10H19N3S/c11-5-3-1-2-4-6-12-9-10-13-7-8-14-10/h7-8,12H,1-6,9,11H2. The van der Waals surface area contributed by atoms with Crippen LogP contribution in [-0.4, -0.2) is 18.1 Å². The first kappa shape index (κ1) is 11.6. The molecule has 4 heteroatoms. The minimum atomic E-state index is 0.826. The van der Waals surface area contributed by atoms with Gasteiger partial charge >= 0.3 is 0 Å². The van der Waals surface area contributed by atoms with Gasteiger partial charge in [0.1, 0.15) is 5.01 Å². The first-order valence-electron chi connectivity index (χ1n) is 5.22. The van der Waals surface area contributed by atoms with Crippen LogP contribution in [0.5, 0.6) is 0 Å². The average Bonchev–Trinajstić information content (AvgIpc) is 2.69. The Morgan fingerprint density at radius 1 is 1.29 bits per heavy atom. The molecule has 3 nitrogen and oxygen atoms in total. The van der Waals surface area contributed by atoms with E-state index in [0.29, 0.717) is 0 Å². The number of aromatic nitrogens is 1. The Morgan fingerprint density at radius 3 is 2.86 bits per heavy atom. The third-order valence-corrected chi connectivity index (χ3v) is 2.85. The number of nitrogens with one attached hydrogen (secondary N) is 1. The summed E-state index contributed by atoms with van der Waals surface area (Å²) in [5.41, 5.74) is 5.41. The van der Waals surface area contributed by atoms with Crippen LogP contribution in [0, 0.1) is 0 Å². The Labute approximate surface area is 89.7 Å². The van der Waals surface area contributed by atoms with Gasteiger partial charge < -0.3 is 11.1 Å². The molecule has 80 valence electrons. The molecule has 0 fully saturated rings. The van der Waals surface area contributed by atoms with E-state index in [-0.39, 0.29) is 0 Å². The van der Waals surface area contributed by atoms with Crippen LogP contribution in [0.15, 0.2) is 11.6 Å². The number of thiazole rings is 1. The summed E-state index contributed by atoms with van der Waals surface area (Å²) in [6.07, 6.45) is 6.79. The molecule has 0 spiro atoms. The molecule has 0 aromatic carbocycles. The van der Waals surface area contributed by atoms with Gasteiger partial charge in [0.15, 0.2) is 0 Å². The first-order chi connectivity index (χ1) is 6.93. The highest BCUT2D eigenvalue weighted by atomic mass is 32.1. The third kappa shape index (κ3) is 5.32. The van der Waals surface area contributed by atoms with E-state index < -0.39 is 0 Å². The lowest BCUT2D eigenvalue weighted by molar-refractivity contribution is 0.589. The predicted molar refractivity (Wildman–Crippen MR) is 61.3 cm³/mol. The Morgan fingerprint density at radius 2 is 2.14 bits per heavy atom. The normalized spacial score (nSPS) is 10.6. The molecule has 0 saturated carbocycles. The molecule has 0 saturated heterocycles. The van der Waals surface area contributed by atoms with E-state index in [2.05, 4.69) is 10.3 Å². The third-order valence-electron chi connectivity index (χ3n) is 2.07. The molecule has 3 N–H and O–H groups in total. The second-order valence-electron chi connectivity index (χ2n) is 3.31. The van der Waals surface area contributed by atoms with Crippen LogP contribution in [0.25, 0.3) is 0 Å².